The lowest BCUT2D eigenvalue weighted by Crippen LogP contribution is -2.39. The summed E-state index contributed by atoms with van der Waals surface area (Å²) in [7, 11) is 0. The van der Waals surface area contributed by atoms with Crippen LogP contribution < -0.4 is 10.1 Å². The van der Waals surface area contributed by atoms with E-state index in [2.05, 4.69) is 5.32 Å². The quantitative estimate of drug-likeness (QED) is 0.297. The number of phenols is 1. The van der Waals surface area contributed by atoms with Crippen LogP contribution >= 0.6 is 34.8 Å². The summed E-state index contributed by atoms with van der Waals surface area (Å²) in [6.45, 7) is 5.93. The van der Waals surface area contributed by atoms with E-state index in [9.17, 15) is 14.7 Å². The normalized spacial score (nSPS) is 11.3. The minimum Gasteiger partial charge on any atom is -0.504 e. The molecule has 0 saturated carbocycles. The molecule has 0 saturated heterocycles. The Bertz CT molecular complexity index is 891. The number of carbonyl (C=O) groups excluding carboxylic acids is 2. The Labute approximate surface area is 172 Å². The molecule has 2 aromatic carbocycles. The van der Waals surface area contributed by atoms with E-state index in [-0.39, 0.29) is 55.6 Å². The maximum atomic E-state index is 12.3. The van der Waals surface area contributed by atoms with E-state index >= 15 is 0 Å². The molecule has 0 unspecified atom stereocenters. The molecule has 2 rings (SSSR count). The molecule has 0 bridgehead atoms. The minimum atomic E-state index is -0.817. The van der Waals surface area contributed by atoms with E-state index < -0.39 is 5.97 Å². The highest BCUT2D eigenvalue weighted by atomic mass is 35.5. The van der Waals surface area contributed by atoms with Gasteiger partial charge >= 0.3 is 5.97 Å². The standard InChI is InChI=1S/C19H18Cl3NO4/c1-19(2,3)23-9-14(25)10-4-7-15(13(24)8-10)27-18(26)11-5-6-12(20)17(22)16(11)21/h4-8,23-24H,9H2,1-3H3. The number of hydrogen-bond acceptors (Lipinski definition) is 5. The Morgan fingerprint density at radius 2 is 1.74 bits per heavy atom. The number of ketones is 1. The van der Waals surface area contributed by atoms with Crippen LogP contribution in [0.3, 0.4) is 0 Å². The molecule has 2 aromatic rings. The van der Waals surface area contributed by atoms with Gasteiger partial charge in [0.15, 0.2) is 17.3 Å². The summed E-state index contributed by atoms with van der Waals surface area (Å²) in [4.78, 5) is 24.5. The number of ether oxygens (including phenoxy) is 1. The number of aromatic hydroxyl groups is 1. The van der Waals surface area contributed by atoms with Gasteiger partial charge in [0, 0.05) is 11.1 Å². The van der Waals surface area contributed by atoms with Gasteiger partial charge in [-0.2, -0.15) is 0 Å². The zero-order valence-electron chi connectivity index (χ0n) is 14.9. The fourth-order valence-electron chi connectivity index (χ4n) is 2.06. The summed E-state index contributed by atoms with van der Waals surface area (Å²) in [5.74, 6) is -1.48. The van der Waals surface area contributed by atoms with Gasteiger partial charge in [0.25, 0.3) is 0 Å². The fraction of sp³-hybridized carbons (Fsp3) is 0.263. The van der Waals surface area contributed by atoms with E-state index in [0.717, 1.165) is 0 Å². The van der Waals surface area contributed by atoms with Crippen molar-refractivity contribution in [1.29, 1.82) is 0 Å². The summed E-state index contributed by atoms with van der Waals surface area (Å²) < 4.78 is 5.15. The maximum Gasteiger partial charge on any atom is 0.345 e. The first-order valence-electron chi connectivity index (χ1n) is 7.96. The van der Waals surface area contributed by atoms with Crippen molar-refractivity contribution in [3.8, 4) is 11.5 Å². The lowest BCUT2D eigenvalue weighted by atomic mass is 10.1. The van der Waals surface area contributed by atoms with Gasteiger partial charge in [-0.15, -0.1) is 0 Å². The van der Waals surface area contributed by atoms with E-state index in [1.54, 1.807) is 0 Å². The molecular formula is C19H18Cl3NO4. The largest absolute Gasteiger partial charge is 0.504 e. The number of phenolic OH excluding ortho intramolecular Hbond substituents is 1. The zero-order chi connectivity index (χ0) is 20.4. The summed E-state index contributed by atoms with van der Waals surface area (Å²) in [6.07, 6.45) is 0. The van der Waals surface area contributed by atoms with Crippen molar-refractivity contribution < 1.29 is 19.4 Å². The molecule has 0 spiro atoms. The Morgan fingerprint density at radius 3 is 2.33 bits per heavy atom. The van der Waals surface area contributed by atoms with Crippen LogP contribution in [0.1, 0.15) is 41.5 Å². The van der Waals surface area contributed by atoms with Gasteiger partial charge in [-0.25, -0.2) is 4.79 Å². The van der Waals surface area contributed by atoms with Gasteiger partial charge in [0.1, 0.15) is 0 Å². The molecule has 0 aliphatic heterocycles. The van der Waals surface area contributed by atoms with Gasteiger partial charge in [0.05, 0.1) is 27.2 Å². The van der Waals surface area contributed by atoms with E-state index in [1.165, 1.54) is 30.3 Å². The van der Waals surface area contributed by atoms with Crippen LogP contribution in [-0.2, 0) is 0 Å². The lowest BCUT2D eigenvalue weighted by molar-refractivity contribution is 0.0730. The predicted molar refractivity (Wildman–Crippen MR) is 107 cm³/mol. The SMILES string of the molecule is CC(C)(C)NCC(=O)c1ccc(OC(=O)c2ccc(Cl)c(Cl)c2Cl)c(O)c1. The van der Waals surface area contributed by atoms with Gasteiger partial charge in [-0.3, -0.25) is 4.79 Å². The smallest absolute Gasteiger partial charge is 0.345 e. The highest BCUT2D eigenvalue weighted by Crippen LogP contribution is 2.34. The average Bonchev–Trinajstić information content (AvgIpc) is 2.58. The summed E-state index contributed by atoms with van der Waals surface area (Å²) in [5.41, 5.74) is 0.0726. The second-order valence-electron chi connectivity index (χ2n) is 6.82. The number of carbonyl (C=O) groups is 2. The average molecular weight is 431 g/mol. The van der Waals surface area contributed by atoms with Crippen molar-refractivity contribution in [2.75, 3.05) is 6.54 Å². The number of hydrogen-bond donors (Lipinski definition) is 2. The molecule has 0 aliphatic rings. The number of esters is 1. The van der Waals surface area contributed by atoms with Crippen molar-refractivity contribution >= 4 is 46.6 Å². The molecule has 0 fully saturated rings. The third-order valence-corrected chi connectivity index (χ3v) is 4.81. The van der Waals surface area contributed by atoms with Crippen molar-refractivity contribution in [3.63, 3.8) is 0 Å². The van der Waals surface area contributed by atoms with Crippen LogP contribution in [0.5, 0.6) is 11.5 Å². The number of halogens is 3. The fourth-order valence-corrected chi connectivity index (χ4v) is 2.68. The molecule has 0 heterocycles. The Kier molecular flexibility index (Phi) is 6.76. The monoisotopic (exact) mass is 429 g/mol. The van der Waals surface area contributed by atoms with Crippen LogP contribution in [0, 0.1) is 0 Å². The number of rotatable bonds is 5. The number of Topliss-reactive ketones (excluding diaryl/α,β-unsaturated/α-hetero) is 1. The summed E-state index contributed by atoms with van der Waals surface area (Å²) >= 11 is 17.8. The summed E-state index contributed by atoms with van der Waals surface area (Å²) in [6, 6.07) is 6.82. The van der Waals surface area contributed by atoms with Crippen LogP contribution in [0.15, 0.2) is 30.3 Å². The third-order valence-electron chi connectivity index (χ3n) is 3.52. The third kappa shape index (κ3) is 5.59. The second kappa shape index (κ2) is 8.48. The van der Waals surface area contributed by atoms with Crippen LogP contribution in [0.2, 0.25) is 15.1 Å². The molecular weight excluding hydrogens is 413 g/mol. The van der Waals surface area contributed by atoms with Crippen molar-refractivity contribution in [1.82, 2.24) is 5.32 Å². The predicted octanol–water partition coefficient (Wildman–Crippen LogP) is 5.14. The maximum absolute atomic E-state index is 12.3. The van der Waals surface area contributed by atoms with Gasteiger partial charge in [-0.05, 0) is 51.1 Å². The second-order valence-corrected chi connectivity index (χ2v) is 7.98. The molecule has 5 nitrogen and oxygen atoms in total. The Hall–Kier alpha value is -1.79. The molecule has 2 N–H and O–H groups in total. The first kappa shape index (κ1) is 21.5. The lowest BCUT2D eigenvalue weighted by Gasteiger charge is -2.19. The first-order valence-corrected chi connectivity index (χ1v) is 9.10. The summed E-state index contributed by atoms with van der Waals surface area (Å²) in [5, 5.41) is 13.4. The van der Waals surface area contributed by atoms with Crippen LogP contribution in [-0.4, -0.2) is 28.9 Å². The minimum absolute atomic E-state index is 0.00000298. The van der Waals surface area contributed by atoms with Crippen molar-refractivity contribution in [3.05, 3.63) is 56.5 Å². The Morgan fingerprint density at radius 1 is 1.07 bits per heavy atom. The van der Waals surface area contributed by atoms with Gasteiger partial charge in [0.2, 0.25) is 0 Å². The van der Waals surface area contributed by atoms with Gasteiger partial charge < -0.3 is 15.2 Å². The van der Waals surface area contributed by atoms with Crippen molar-refractivity contribution in [2.24, 2.45) is 0 Å². The highest BCUT2D eigenvalue weighted by Gasteiger charge is 2.19. The number of benzene rings is 2. The van der Waals surface area contributed by atoms with Crippen LogP contribution in [0.4, 0.5) is 0 Å². The Balaban J connectivity index is 2.15. The number of nitrogens with one attached hydrogen (secondary N) is 1. The molecule has 0 aromatic heterocycles. The van der Waals surface area contributed by atoms with E-state index in [0.29, 0.717) is 0 Å². The first-order chi connectivity index (χ1) is 12.5. The molecule has 0 amide bonds. The molecule has 0 atom stereocenters. The topological polar surface area (TPSA) is 75.6 Å². The zero-order valence-corrected chi connectivity index (χ0v) is 17.2. The van der Waals surface area contributed by atoms with Crippen molar-refractivity contribution in [2.45, 2.75) is 26.3 Å². The molecule has 27 heavy (non-hydrogen) atoms. The van der Waals surface area contributed by atoms with E-state index in [4.69, 9.17) is 39.5 Å². The van der Waals surface area contributed by atoms with Crippen LogP contribution in [0.25, 0.3) is 0 Å². The van der Waals surface area contributed by atoms with E-state index in [1.807, 2.05) is 20.8 Å². The molecule has 0 aliphatic carbocycles. The molecule has 8 heteroatoms. The molecule has 0 radical (unpaired) electrons. The molecule has 144 valence electrons. The highest BCUT2D eigenvalue weighted by molar-refractivity contribution is 6.49. The van der Waals surface area contributed by atoms with Gasteiger partial charge in [-0.1, -0.05) is 34.8 Å².